The maximum absolute atomic E-state index is 12.2. The predicted octanol–water partition coefficient (Wildman–Crippen LogP) is 5.54. The van der Waals surface area contributed by atoms with Crippen molar-refractivity contribution in [3.8, 4) is 0 Å². The number of rotatable bonds is 3. The van der Waals surface area contributed by atoms with Gasteiger partial charge in [-0.1, -0.05) is 77.0 Å². The molecule has 2 aliphatic rings. The summed E-state index contributed by atoms with van der Waals surface area (Å²) < 4.78 is 0. The Labute approximate surface area is 143 Å². The highest BCUT2D eigenvalue weighted by molar-refractivity contribution is 5.74. The number of amides is 2. The molecule has 0 aromatic heterocycles. The molecule has 0 aromatic carbocycles. The predicted molar refractivity (Wildman–Crippen MR) is 97.7 cm³/mol. The minimum atomic E-state index is 0.0765. The summed E-state index contributed by atoms with van der Waals surface area (Å²) in [4.78, 5) is 12.2. The van der Waals surface area contributed by atoms with Gasteiger partial charge in [0.05, 0.1) is 0 Å². The topological polar surface area (TPSA) is 41.1 Å². The van der Waals surface area contributed by atoms with E-state index >= 15 is 0 Å². The Morgan fingerprint density at radius 2 is 1.09 bits per heavy atom. The Morgan fingerprint density at radius 1 is 0.652 bits per heavy atom. The summed E-state index contributed by atoms with van der Waals surface area (Å²) in [5, 5.41) is 6.40. The number of hydrogen-bond donors (Lipinski definition) is 2. The number of carbonyl (C=O) groups is 1. The van der Waals surface area contributed by atoms with Crippen LogP contribution in [-0.2, 0) is 0 Å². The maximum atomic E-state index is 12.2. The molecule has 2 amide bonds. The van der Waals surface area contributed by atoms with Crippen molar-refractivity contribution in [1.82, 2.24) is 10.6 Å². The first kappa shape index (κ1) is 18.6. The first-order chi connectivity index (χ1) is 11.3. The summed E-state index contributed by atoms with van der Waals surface area (Å²) in [6.45, 7) is 0.874. The fourth-order valence-electron chi connectivity index (χ4n) is 4.17. The van der Waals surface area contributed by atoms with Gasteiger partial charge in [0.2, 0.25) is 0 Å². The highest BCUT2D eigenvalue weighted by Crippen LogP contribution is 2.22. The highest BCUT2D eigenvalue weighted by atomic mass is 16.2. The molecule has 0 aromatic rings. The van der Waals surface area contributed by atoms with Crippen molar-refractivity contribution in [1.29, 1.82) is 0 Å². The van der Waals surface area contributed by atoms with Gasteiger partial charge >= 0.3 is 6.03 Å². The van der Waals surface area contributed by atoms with Crippen LogP contribution in [0.2, 0.25) is 0 Å². The summed E-state index contributed by atoms with van der Waals surface area (Å²) in [6, 6.07) is 0.466. The molecule has 0 heterocycles. The first-order valence-electron chi connectivity index (χ1n) is 10.4. The van der Waals surface area contributed by atoms with Gasteiger partial charge in [-0.05, 0) is 31.6 Å². The average Bonchev–Trinajstić information content (AvgIpc) is 2.56. The minimum Gasteiger partial charge on any atom is -0.338 e. The summed E-state index contributed by atoms with van der Waals surface area (Å²) >= 11 is 0. The second-order valence-electron chi connectivity index (χ2n) is 7.81. The van der Waals surface area contributed by atoms with E-state index in [-0.39, 0.29) is 6.03 Å². The Morgan fingerprint density at radius 3 is 1.65 bits per heavy atom. The van der Waals surface area contributed by atoms with Gasteiger partial charge in [0.15, 0.2) is 0 Å². The molecular formula is C20H38N2O. The molecule has 2 fully saturated rings. The minimum absolute atomic E-state index is 0.0765. The van der Waals surface area contributed by atoms with E-state index in [0.29, 0.717) is 12.0 Å². The van der Waals surface area contributed by atoms with Crippen LogP contribution in [0.25, 0.3) is 0 Å². The van der Waals surface area contributed by atoms with Crippen molar-refractivity contribution < 1.29 is 4.79 Å². The summed E-state index contributed by atoms with van der Waals surface area (Å²) in [7, 11) is 0. The molecule has 2 aliphatic carbocycles. The zero-order valence-electron chi connectivity index (χ0n) is 15.1. The van der Waals surface area contributed by atoms with E-state index in [0.717, 1.165) is 19.4 Å². The lowest BCUT2D eigenvalue weighted by Gasteiger charge is -2.23. The molecular weight excluding hydrogens is 284 g/mol. The molecule has 2 saturated carbocycles. The third kappa shape index (κ3) is 8.62. The Kier molecular flexibility index (Phi) is 9.51. The molecule has 0 spiro atoms. The first-order valence-corrected chi connectivity index (χ1v) is 10.4. The second kappa shape index (κ2) is 11.8. The molecule has 0 aliphatic heterocycles. The van der Waals surface area contributed by atoms with Gasteiger partial charge in [-0.3, -0.25) is 0 Å². The van der Waals surface area contributed by atoms with Crippen molar-refractivity contribution in [2.24, 2.45) is 5.92 Å². The van der Waals surface area contributed by atoms with Gasteiger partial charge in [0.1, 0.15) is 0 Å². The molecule has 0 bridgehead atoms. The van der Waals surface area contributed by atoms with E-state index in [4.69, 9.17) is 0 Å². The Hall–Kier alpha value is -0.730. The lowest BCUT2D eigenvalue weighted by atomic mass is 9.89. The van der Waals surface area contributed by atoms with Gasteiger partial charge in [-0.2, -0.15) is 0 Å². The lowest BCUT2D eigenvalue weighted by molar-refractivity contribution is 0.230. The number of carbonyl (C=O) groups excluding carboxylic acids is 1. The van der Waals surface area contributed by atoms with Crippen molar-refractivity contribution >= 4 is 6.03 Å². The number of hydrogen-bond acceptors (Lipinski definition) is 1. The Bertz CT molecular complexity index is 301. The molecule has 134 valence electrons. The molecule has 0 saturated heterocycles. The van der Waals surface area contributed by atoms with Gasteiger partial charge in [-0.25, -0.2) is 4.79 Å². The number of nitrogens with one attached hydrogen (secondary N) is 2. The van der Waals surface area contributed by atoms with Crippen LogP contribution in [0.15, 0.2) is 0 Å². The van der Waals surface area contributed by atoms with Crippen LogP contribution in [0.5, 0.6) is 0 Å². The van der Waals surface area contributed by atoms with Crippen LogP contribution in [-0.4, -0.2) is 18.6 Å². The molecule has 3 heteroatoms. The lowest BCUT2D eigenvalue weighted by Crippen LogP contribution is -2.43. The molecule has 0 atom stereocenters. The Balaban J connectivity index is 1.65. The molecule has 2 rings (SSSR count). The van der Waals surface area contributed by atoms with Crippen molar-refractivity contribution in [3.63, 3.8) is 0 Å². The SMILES string of the molecule is O=C(NCC1CCCCC1)NC1CCCCCCCCCCC1. The van der Waals surface area contributed by atoms with Crippen LogP contribution in [0.4, 0.5) is 4.79 Å². The molecule has 2 N–H and O–H groups in total. The quantitative estimate of drug-likeness (QED) is 0.704. The van der Waals surface area contributed by atoms with E-state index in [1.165, 1.54) is 89.9 Å². The van der Waals surface area contributed by atoms with Gasteiger partial charge < -0.3 is 10.6 Å². The largest absolute Gasteiger partial charge is 0.338 e. The van der Waals surface area contributed by atoms with Crippen molar-refractivity contribution in [3.05, 3.63) is 0 Å². The van der Waals surface area contributed by atoms with Crippen LogP contribution < -0.4 is 10.6 Å². The van der Waals surface area contributed by atoms with E-state index in [9.17, 15) is 4.79 Å². The van der Waals surface area contributed by atoms with Crippen molar-refractivity contribution in [2.75, 3.05) is 6.54 Å². The fraction of sp³-hybridized carbons (Fsp3) is 0.950. The maximum Gasteiger partial charge on any atom is 0.315 e. The summed E-state index contributed by atoms with van der Waals surface area (Å²) in [5.74, 6) is 0.714. The highest BCUT2D eigenvalue weighted by Gasteiger charge is 2.16. The number of urea groups is 1. The second-order valence-corrected chi connectivity index (χ2v) is 7.81. The van der Waals surface area contributed by atoms with Crippen molar-refractivity contribution in [2.45, 2.75) is 109 Å². The molecule has 3 nitrogen and oxygen atoms in total. The smallest absolute Gasteiger partial charge is 0.315 e. The van der Waals surface area contributed by atoms with E-state index < -0.39 is 0 Å². The van der Waals surface area contributed by atoms with Gasteiger partial charge in [0.25, 0.3) is 0 Å². The molecule has 23 heavy (non-hydrogen) atoms. The average molecular weight is 323 g/mol. The third-order valence-electron chi connectivity index (χ3n) is 5.72. The zero-order valence-corrected chi connectivity index (χ0v) is 15.1. The fourth-order valence-corrected chi connectivity index (χ4v) is 4.17. The van der Waals surface area contributed by atoms with Crippen LogP contribution >= 0.6 is 0 Å². The monoisotopic (exact) mass is 322 g/mol. The third-order valence-corrected chi connectivity index (χ3v) is 5.72. The molecule has 0 radical (unpaired) electrons. The molecule has 0 unspecified atom stereocenters. The standard InChI is InChI=1S/C20H38N2O/c23-20(21-17-18-13-9-8-10-14-18)22-19-15-11-6-4-2-1-3-5-7-12-16-19/h18-19H,1-17H2,(H2,21,22,23). The van der Waals surface area contributed by atoms with E-state index in [1.54, 1.807) is 0 Å². The zero-order chi connectivity index (χ0) is 16.2. The van der Waals surface area contributed by atoms with E-state index in [1.807, 2.05) is 0 Å². The van der Waals surface area contributed by atoms with E-state index in [2.05, 4.69) is 10.6 Å². The van der Waals surface area contributed by atoms with Crippen LogP contribution in [0.1, 0.15) is 103 Å². The van der Waals surface area contributed by atoms with Gasteiger partial charge in [-0.15, -0.1) is 0 Å². The summed E-state index contributed by atoms with van der Waals surface area (Å²) in [6.07, 6.45) is 21.2. The summed E-state index contributed by atoms with van der Waals surface area (Å²) in [5.41, 5.74) is 0. The van der Waals surface area contributed by atoms with Crippen LogP contribution in [0.3, 0.4) is 0 Å². The van der Waals surface area contributed by atoms with Crippen LogP contribution in [0, 0.1) is 5.92 Å². The normalized spacial score (nSPS) is 23.5. The van der Waals surface area contributed by atoms with Gasteiger partial charge in [0, 0.05) is 12.6 Å².